The van der Waals surface area contributed by atoms with Crippen LogP contribution in [0.2, 0.25) is 0 Å². The number of nitrogens with one attached hydrogen (secondary N) is 1. The van der Waals surface area contributed by atoms with Crippen LogP contribution >= 0.6 is 0 Å². The maximum Gasteiger partial charge on any atom is 0.347 e. The predicted molar refractivity (Wildman–Crippen MR) is 70.5 cm³/mol. The summed E-state index contributed by atoms with van der Waals surface area (Å²) in [6.45, 7) is 4.88. The zero-order valence-electron chi connectivity index (χ0n) is 11.2. The van der Waals surface area contributed by atoms with Crippen LogP contribution in [-0.2, 0) is 16.1 Å². The van der Waals surface area contributed by atoms with Crippen LogP contribution in [-0.4, -0.2) is 25.7 Å². The molecule has 0 radical (unpaired) electrons. The molecule has 4 nitrogen and oxygen atoms in total. The van der Waals surface area contributed by atoms with Crippen molar-refractivity contribution in [3.8, 4) is 5.75 Å². The Labute approximate surface area is 108 Å². The highest BCUT2D eigenvalue weighted by Crippen LogP contribution is 2.15. The van der Waals surface area contributed by atoms with Gasteiger partial charge in [-0.1, -0.05) is 19.1 Å². The fourth-order valence-electron chi connectivity index (χ4n) is 1.59. The summed E-state index contributed by atoms with van der Waals surface area (Å²) in [6, 6.07) is 7.69. The van der Waals surface area contributed by atoms with Crippen LogP contribution in [0, 0.1) is 0 Å². The van der Waals surface area contributed by atoms with E-state index in [4.69, 9.17) is 9.47 Å². The first-order chi connectivity index (χ1) is 8.71. The van der Waals surface area contributed by atoms with Gasteiger partial charge in [-0.15, -0.1) is 0 Å². The first-order valence-electron chi connectivity index (χ1n) is 6.28. The van der Waals surface area contributed by atoms with E-state index in [0.29, 0.717) is 18.8 Å². The maximum absolute atomic E-state index is 11.6. The van der Waals surface area contributed by atoms with Crippen LogP contribution < -0.4 is 10.1 Å². The summed E-state index contributed by atoms with van der Waals surface area (Å²) in [6.07, 6.45) is 0.0667. The molecular formula is C14H21NO3. The third-order valence-corrected chi connectivity index (χ3v) is 2.50. The molecule has 0 fully saturated rings. The lowest BCUT2D eigenvalue weighted by Crippen LogP contribution is -2.28. The van der Waals surface area contributed by atoms with Gasteiger partial charge < -0.3 is 14.8 Å². The molecular weight excluding hydrogens is 230 g/mol. The molecule has 100 valence electrons. The normalized spacial score (nSPS) is 11.9. The van der Waals surface area contributed by atoms with Crippen molar-refractivity contribution < 1.29 is 14.3 Å². The number of benzene rings is 1. The molecule has 0 saturated carbocycles. The second-order valence-corrected chi connectivity index (χ2v) is 3.94. The van der Waals surface area contributed by atoms with Crippen LogP contribution in [0.3, 0.4) is 0 Å². The minimum Gasteiger partial charge on any atom is -0.479 e. The van der Waals surface area contributed by atoms with Gasteiger partial charge in [0.1, 0.15) is 5.75 Å². The molecule has 1 rings (SSSR count). The summed E-state index contributed by atoms with van der Waals surface area (Å²) in [5, 5.41) is 3.08. The van der Waals surface area contributed by atoms with E-state index in [2.05, 4.69) is 5.32 Å². The minimum atomic E-state index is -0.528. The van der Waals surface area contributed by atoms with E-state index in [0.717, 1.165) is 6.54 Å². The van der Waals surface area contributed by atoms with Crippen LogP contribution in [0.5, 0.6) is 5.75 Å². The van der Waals surface area contributed by atoms with Crippen molar-refractivity contribution in [1.82, 2.24) is 5.32 Å². The molecule has 1 aromatic rings. The number of ether oxygens (including phenoxy) is 2. The van der Waals surface area contributed by atoms with Gasteiger partial charge in [0.15, 0.2) is 6.10 Å². The van der Waals surface area contributed by atoms with Crippen molar-refractivity contribution >= 4 is 5.97 Å². The van der Waals surface area contributed by atoms with Crippen LogP contribution in [0.4, 0.5) is 0 Å². The number of carbonyl (C=O) groups is 1. The summed E-state index contributed by atoms with van der Waals surface area (Å²) in [5.74, 6) is 0.383. The number of rotatable bonds is 7. The largest absolute Gasteiger partial charge is 0.479 e. The lowest BCUT2D eigenvalue weighted by atomic mass is 10.2. The second kappa shape index (κ2) is 7.71. The van der Waals surface area contributed by atoms with E-state index < -0.39 is 6.10 Å². The lowest BCUT2D eigenvalue weighted by molar-refractivity contribution is -0.151. The summed E-state index contributed by atoms with van der Waals surface area (Å²) in [4.78, 5) is 11.6. The van der Waals surface area contributed by atoms with Gasteiger partial charge in [-0.25, -0.2) is 4.79 Å². The third kappa shape index (κ3) is 4.37. The van der Waals surface area contributed by atoms with E-state index in [1.54, 1.807) is 6.92 Å². The molecule has 4 heteroatoms. The quantitative estimate of drug-likeness (QED) is 0.754. The topological polar surface area (TPSA) is 47.6 Å². The Balaban J connectivity index is 2.61. The lowest BCUT2D eigenvalue weighted by Gasteiger charge is -2.16. The SMILES string of the molecule is CCOC(=O)C(CC)Oc1ccc(CNC)cc1. The number of carbonyl (C=O) groups excluding carboxylic acids is 1. The van der Waals surface area contributed by atoms with E-state index in [1.807, 2.05) is 38.2 Å². The standard InChI is InChI=1S/C14H21NO3/c1-4-13(14(16)17-5-2)18-12-8-6-11(7-9-12)10-15-3/h6-9,13,15H,4-5,10H2,1-3H3. The maximum atomic E-state index is 11.6. The van der Waals surface area contributed by atoms with E-state index in [-0.39, 0.29) is 5.97 Å². The molecule has 0 spiro atoms. The Morgan fingerprint density at radius 1 is 1.28 bits per heavy atom. The predicted octanol–water partition coefficient (Wildman–Crippen LogP) is 2.13. The molecule has 0 amide bonds. The number of hydrogen-bond donors (Lipinski definition) is 1. The Morgan fingerprint density at radius 2 is 1.94 bits per heavy atom. The highest BCUT2D eigenvalue weighted by atomic mass is 16.6. The molecule has 0 saturated heterocycles. The fraction of sp³-hybridized carbons (Fsp3) is 0.500. The van der Waals surface area contributed by atoms with Gasteiger partial charge in [0, 0.05) is 6.54 Å². The zero-order chi connectivity index (χ0) is 13.4. The molecule has 1 aromatic carbocycles. The van der Waals surface area contributed by atoms with Crippen LogP contribution in [0.25, 0.3) is 0 Å². The second-order valence-electron chi connectivity index (χ2n) is 3.94. The monoisotopic (exact) mass is 251 g/mol. The van der Waals surface area contributed by atoms with Crippen LogP contribution in [0.15, 0.2) is 24.3 Å². The molecule has 0 bridgehead atoms. The highest BCUT2D eigenvalue weighted by molar-refractivity contribution is 5.75. The average Bonchev–Trinajstić information content (AvgIpc) is 2.38. The molecule has 18 heavy (non-hydrogen) atoms. The zero-order valence-corrected chi connectivity index (χ0v) is 11.2. The van der Waals surface area contributed by atoms with Crippen molar-refractivity contribution in [2.45, 2.75) is 32.9 Å². The van der Waals surface area contributed by atoms with Crippen molar-refractivity contribution in [3.05, 3.63) is 29.8 Å². The van der Waals surface area contributed by atoms with E-state index in [1.165, 1.54) is 5.56 Å². The summed E-state index contributed by atoms with van der Waals surface area (Å²) >= 11 is 0. The van der Waals surface area contributed by atoms with Gasteiger partial charge >= 0.3 is 5.97 Å². The van der Waals surface area contributed by atoms with Gasteiger partial charge in [0.2, 0.25) is 0 Å². The van der Waals surface area contributed by atoms with Crippen molar-refractivity contribution in [3.63, 3.8) is 0 Å². The molecule has 0 aromatic heterocycles. The molecule has 1 atom stereocenters. The van der Waals surface area contributed by atoms with Gasteiger partial charge in [-0.3, -0.25) is 0 Å². The van der Waals surface area contributed by atoms with Gasteiger partial charge in [-0.05, 0) is 38.1 Å². The smallest absolute Gasteiger partial charge is 0.347 e. The molecule has 1 N–H and O–H groups in total. The van der Waals surface area contributed by atoms with Gasteiger partial charge in [0.25, 0.3) is 0 Å². The first kappa shape index (κ1) is 14.5. The summed E-state index contributed by atoms with van der Waals surface area (Å²) < 4.78 is 10.6. The number of hydrogen-bond acceptors (Lipinski definition) is 4. The van der Waals surface area contributed by atoms with Crippen LogP contribution in [0.1, 0.15) is 25.8 Å². The first-order valence-corrected chi connectivity index (χ1v) is 6.28. The van der Waals surface area contributed by atoms with E-state index in [9.17, 15) is 4.79 Å². The highest BCUT2D eigenvalue weighted by Gasteiger charge is 2.19. The van der Waals surface area contributed by atoms with Gasteiger partial charge in [-0.2, -0.15) is 0 Å². The molecule has 1 unspecified atom stereocenters. The molecule has 0 aliphatic rings. The van der Waals surface area contributed by atoms with Gasteiger partial charge in [0.05, 0.1) is 6.61 Å². The molecule has 0 aliphatic heterocycles. The van der Waals surface area contributed by atoms with Crippen molar-refractivity contribution in [1.29, 1.82) is 0 Å². The Kier molecular flexibility index (Phi) is 6.22. The fourth-order valence-corrected chi connectivity index (χ4v) is 1.59. The van der Waals surface area contributed by atoms with Crippen molar-refractivity contribution in [2.24, 2.45) is 0 Å². The van der Waals surface area contributed by atoms with E-state index >= 15 is 0 Å². The summed E-state index contributed by atoms with van der Waals surface area (Å²) in [5.41, 5.74) is 1.18. The van der Waals surface area contributed by atoms with Crippen molar-refractivity contribution in [2.75, 3.05) is 13.7 Å². The minimum absolute atomic E-state index is 0.306. The molecule has 0 heterocycles. The number of esters is 1. The summed E-state index contributed by atoms with van der Waals surface area (Å²) in [7, 11) is 1.90. The third-order valence-electron chi connectivity index (χ3n) is 2.50. The Bertz CT molecular complexity index is 362. The molecule has 0 aliphatic carbocycles. The Hall–Kier alpha value is -1.55. The average molecular weight is 251 g/mol. The Morgan fingerprint density at radius 3 is 2.44 bits per heavy atom.